The molecular formula is C10H16N2O. The molecule has 13 heavy (non-hydrogen) atoms. The van der Waals surface area contributed by atoms with Crippen LogP contribution in [0.2, 0.25) is 0 Å². The summed E-state index contributed by atoms with van der Waals surface area (Å²) in [5, 5.41) is 0. The van der Waals surface area contributed by atoms with E-state index in [1.165, 1.54) is 0 Å². The van der Waals surface area contributed by atoms with Crippen molar-refractivity contribution in [3.63, 3.8) is 0 Å². The maximum Gasteiger partial charge on any atom is 0.213 e. The van der Waals surface area contributed by atoms with Crippen molar-refractivity contribution in [1.82, 2.24) is 9.55 Å². The number of rotatable bonds is 0. The first-order valence-corrected chi connectivity index (χ1v) is 4.73. The maximum absolute atomic E-state index is 5.49. The SMILES string of the molecule is CC(C)(C)C1CCOc2cncn21. The molecule has 1 aliphatic heterocycles. The fourth-order valence-electron chi connectivity index (χ4n) is 1.90. The van der Waals surface area contributed by atoms with E-state index in [-0.39, 0.29) is 5.41 Å². The first kappa shape index (κ1) is 8.60. The average molecular weight is 180 g/mol. The summed E-state index contributed by atoms with van der Waals surface area (Å²) in [5.74, 6) is 0.908. The molecule has 72 valence electrons. The second-order valence-corrected chi connectivity index (χ2v) is 4.66. The van der Waals surface area contributed by atoms with Gasteiger partial charge in [-0.3, -0.25) is 4.57 Å². The summed E-state index contributed by atoms with van der Waals surface area (Å²) in [4.78, 5) is 4.11. The van der Waals surface area contributed by atoms with Crippen molar-refractivity contribution < 1.29 is 4.74 Å². The highest BCUT2D eigenvalue weighted by Gasteiger charge is 2.30. The lowest BCUT2D eigenvalue weighted by Crippen LogP contribution is -2.29. The van der Waals surface area contributed by atoms with E-state index in [0.717, 1.165) is 18.9 Å². The van der Waals surface area contributed by atoms with Gasteiger partial charge >= 0.3 is 0 Å². The zero-order valence-electron chi connectivity index (χ0n) is 8.45. The van der Waals surface area contributed by atoms with Crippen LogP contribution in [0.1, 0.15) is 33.2 Å². The van der Waals surface area contributed by atoms with Crippen LogP contribution in [0.15, 0.2) is 12.5 Å². The van der Waals surface area contributed by atoms with Crippen molar-refractivity contribution in [1.29, 1.82) is 0 Å². The Morgan fingerprint density at radius 2 is 2.31 bits per heavy atom. The van der Waals surface area contributed by atoms with Crippen LogP contribution in [0.25, 0.3) is 0 Å². The molecule has 1 atom stereocenters. The Morgan fingerprint density at radius 3 is 3.00 bits per heavy atom. The first-order chi connectivity index (χ1) is 6.09. The van der Waals surface area contributed by atoms with Crippen molar-refractivity contribution in [3.05, 3.63) is 12.5 Å². The van der Waals surface area contributed by atoms with Gasteiger partial charge in [0.25, 0.3) is 0 Å². The highest BCUT2D eigenvalue weighted by molar-refractivity contribution is 5.10. The lowest BCUT2D eigenvalue weighted by atomic mass is 9.84. The van der Waals surface area contributed by atoms with Gasteiger partial charge in [0.15, 0.2) is 0 Å². The Morgan fingerprint density at radius 1 is 1.54 bits per heavy atom. The van der Waals surface area contributed by atoms with Crippen molar-refractivity contribution in [2.24, 2.45) is 5.41 Å². The van der Waals surface area contributed by atoms with Crippen LogP contribution in [0.5, 0.6) is 5.88 Å². The normalized spacial score (nSPS) is 22.2. The van der Waals surface area contributed by atoms with Gasteiger partial charge in [-0.25, -0.2) is 4.98 Å². The van der Waals surface area contributed by atoms with E-state index in [2.05, 4.69) is 30.3 Å². The maximum atomic E-state index is 5.49. The molecule has 2 rings (SSSR count). The van der Waals surface area contributed by atoms with Gasteiger partial charge in [-0.1, -0.05) is 20.8 Å². The Balaban J connectivity index is 2.35. The molecule has 0 spiro atoms. The Labute approximate surface area is 78.7 Å². The molecular weight excluding hydrogens is 164 g/mol. The molecule has 1 aliphatic rings. The molecule has 0 radical (unpaired) electrons. The van der Waals surface area contributed by atoms with Gasteiger partial charge in [-0.2, -0.15) is 0 Å². The highest BCUT2D eigenvalue weighted by Crippen LogP contribution is 2.38. The first-order valence-electron chi connectivity index (χ1n) is 4.73. The molecule has 1 unspecified atom stereocenters. The molecule has 0 bridgehead atoms. The molecule has 2 heterocycles. The number of fused-ring (bicyclic) bond motifs is 1. The number of imidazole rings is 1. The second-order valence-electron chi connectivity index (χ2n) is 4.66. The molecule has 0 saturated heterocycles. The minimum Gasteiger partial charge on any atom is -0.478 e. The molecule has 3 heteroatoms. The van der Waals surface area contributed by atoms with Crippen molar-refractivity contribution in [3.8, 4) is 5.88 Å². The highest BCUT2D eigenvalue weighted by atomic mass is 16.5. The quantitative estimate of drug-likeness (QED) is 0.612. The van der Waals surface area contributed by atoms with Crippen molar-refractivity contribution >= 4 is 0 Å². The number of hydrogen-bond donors (Lipinski definition) is 0. The van der Waals surface area contributed by atoms with E-state index in [1.807, 2.05) is 6.33 Å². The summed E-state index contributed by atoms with van der Waals surface area (Å²) >= 11 is 0. The van der Waals surface area contributed by atoms with Crippen LogP contribution in [0.3, 0.4) is 0 Å². The predicted molar refractivity (Wildman–Crippen MR) is 50.8 cm³/mol. The Kier molecular flexibility index (Phi) is 1.82. The van der Waals surface area contributed by atoms with Crippen molar-refractivity contribution in [2.45, 2.75) is 33.2 Å². The molecule has 0 amide bonds. The van der Waals surface area contributed by atoms with Crippen LogP contribution in [0.4, 0.5) is 0 Å². The topological polar surface area (TPSA) is 27.1 Å². The smallest absolute Gasteiger partial charge is 0.213 e. The molecule has 3 nitrogen and oxygen atoms in total. The van der Waals surface area contributed by atoms with E-state index in [1.54, 1.807) is 6.20 Å². The minimum atomic E-state index is 0.277. The average Bonchev–Trinajstić information content (AvgIpc) is 2.48. The van der Waals surface area contributed by atoms with E-state index in [0.29, 0.717) is 6.04 Å². The van der Waals surface area contributed by atoms with Crippen LogP contribution in [0, 0.1) is 5.41 Å². The fraction of sp³-hybridized carbons (Fsp3) is 0.700. The van der Waals surface area contributed by atoms with Gasteiger partial charge in [0.1, 0.15) is 0 Å². The van der Waals surface area contributed by atoms with E-state index in [4.69, 9.17) is 4.74 Å². The van der Waals surface area contributed by atoms with Crippen LogP contribution in [-0.2, 0) is 0 Å². The monoisotopic (exact) mass is 180 g/mol. The lowest BCUT2D eigenvalue weighted by molar-refractivity contribution is 0.131. The number of ether oxygens (including phenoxy) is 1. The van der Waals surface area contributed by atoms with Gasteiger partial charge in [-0.05, 0) is 5.41 Å². The van der Waals surface area contributed by atoms with Crippen LogP contribution in [-0.4, -0.2) is 16.2 Å². The number of aromatic nitrogens is 2. The lowest BCUT2D eigenvalue weighted by Gasteiger charge is -2.35. The van der Waals surface area contributed by atoms with Crippen LogP contribution >= 0.6 is 0 Å². The van der Waals surface area contributed by atoms with E-state index < -0.39 is 0 Å². The number of nitrogens with zero attached hydrogens (tertiary/aromatic N) is 2. The summed E-state index contributed by atoms with van der Waals surface area (Å²) in [6, 6.07) is 0.513. The minimum absolute atomic E-state index is 0.277. The molecule has 0 aromatic carbocycles. The summed E-state index contributed by atoms with van der Waals surface area (Å²) < 4.78 is 7.63. The van der Waals surface area contributed by atoms with Gasteiger partial charge < -0.3 is 4.74 Å². The standard InChI is InChI=1S/C10H16N2O/c1-10(2,3)8-4-5-13-9-6-11-7-12(8)9/h6-8H,4-5H2,1-3H3. The summed E-state index contributed by atoms with van der Waals surface area (Å²) in [6.45, 7) is 7.58. The van der Waals surface area contributed by atoms with Crippen molar-refractivity contribution in [2.75, 3.05) is 6.61 Å². The molecule has 1 aromatic rings. The third-order valence-corrected chi connectivity index (χ3v) is 2.61. The van der Waals surface area contributed by atoms with Gasteiger partial charge in [0.2, 0.25) is 5.88 Å². The Bertz CT molecular complexity index is 298. The van der Waals surface area contributed by atoms with Gasteiger partial charge in [-0.15, -0.1) is 0 Å². The molecule has 0 aliphatic carbocycles. The largest absolute Gasteiger partial charge is 0.478 e. The second kappa shape index (κ2) is 2.76. The van der Waals surface area contributed by atoms with E-state index >= 15 is 0 Å². The number of hydrogen-bond acceptors (Lipinski definition) is 2. The van der Waals surface area contributed by atoms with Crippen LogP contribution < -0.4 is 4.74 Å². The third kappa shape index (κ3) is 1.43. The van der Waals surface area contributed by atoms with Gasteiger partial charge in [0.05, 0.1) is 19.1 Å². The summed E-state index contributed by atoms with van der Waals surface area (Å²) in [6.07, 6.45) is 4.73. The van der Waals surface area contributed by atoms with Gasteiger partial charge in [0, 0.05) is 12.5 Å². The summed E-state index contributed by atoms with van der Waals surface area (Å²) in [5.41, 5.74) is 0.277. The zero-order valence-corrected chi connectivity index (χ0v) is 8.45. The fourth-order valence-corrected chi connectivity index (χ4v) is 1.90. The summed E-state index contributed by atoms with van der Waals surface area (Å²) in [7, 11) is 0. The molecule has 1 aromatic heterocycles. The predicted octanol–water partition coefficient (Wildman–Crippen LogP) is 2.25. The third-order valence-electron chi connectivity index (χ3n) is 2.61. The molecule has 0 N–H and O–H groups in total. The molecule has 0 fully saturated rings. The molecule has 0 saturated carbocycles. The zero-order chi connectivity index (χ0) is 9.47. The van der Waals surface area contributed by atoms with E-state index in [9.17, 15) is 0 Å². The Hall–Kier alpha value is -0.990.